The van der Waals surface area contributed by atoms with Crippen molar-refractivity contribution < 1.29 is 13.5 Å². The highest BCUT2D eigenvalue weighted by molar-refractivity contribution is 5.83. The molecule has 0 atom stereocenters. The molecule has 0 unspecified atom stereocenters. The summed E-state index contributed by atoms with van der Waals surface area (Å²) >= 11 is 0. The molecule has 1 aromatic heterocycles. The van der Waals surface area contributed by atoms with Crippen LogP contribution in [0.4, 0.5) is 4.39 Å². The quantitative estimate of drug-likeness (QED) is 0.711. The summed E-state index contributed by atoms with van der Waals surface area (Å²) in [5, 5.41) is 0.469. The van der Waals surface area contributed by atoms with E-state index < -0.39 is 11.4 Å². The summed E-state index contributed by atoms with van der Waals surface area (Å²) in [7, 11) is 0. The molecule has 0 N–H and O–H groups in total. The Morgan fingerprint density at radius 2 is 2.20 bits per heavy atom. The maximum atomic E-state index is 13.0. The highest BCUT2D eigenvalue weighted by atomic mass is 19.1. The van der Waals surface area contributed by atoms with E-state index in [0.717, 1.165) is 0 Å². The van der Waals surface area contributed by atoms with Gasteiger partial charge in [0.25, 0.3) is 0 Å². The van der Waals surface area contributed by atoms with Crippen LogP contribution in [0.1, 0.15) is 6.92 Å². The zero-order valence-electron chi connectivity index (χ0n) is 8.12. The number of ether oxygens (including phenoxy) is 1. The lowest BCUT2D eigenvalue weighted by molar-refractivity contribution is 0.341. The van der Waals surface area contributed by atoms with Gasteiger partial charge >= 0.3 is 5.63 Å². The second-order valence-corrected chi connectivity index (χ2v) is 3.00. The molecule has 0 spiro atoms. The predicted octanol–water partition coefficient (Wildman–Crippen LogP) is 2.33. The van der Waals surface area contributed by atoms with Gasteiger partial charge in [-0.25, -0.2) is 9.18 Å². The molecule has 0 aliphatic rings. The highest BCUT2D eigenvalue weighted by Crippen LogP contribution is 2.24. The van der Waals surface area contributed by atoms with Crippen molar-refractivity contribution in [3.63, 3.8) is 0 Å². The van der Waals surface area contributed by atoms with Crippen molar-refractivity contribution in [2.45, 2.75) is 6.92 Å². The molecule has 4 heteroatoms. The van der Waals surface area contributed by atoms with Crippen molar-refractivity contribution in [3.8, 4) is 5.75 Å². The predicted molar refractivity (Wildman–Crippen MR) is 53.6 cm³/mol. The fourth-order valence-corrected chi connectivity index (χ4v) is 1.38. The summed E-state index contributed by atoms with van der Waals surface area (Å²) in [6.45, 7) is 2.20. The smallest absolute Gasteiger partial charge is 0.339 e. The van der Waals surface area contributed by atoms with Crippen molar-refractivity contribution in [1.82, 2.24) is 0 Å². The molecule has 78 valence electrons. The van der Waals surface area contributed by atoms with Crippen LogP contribution < -0.4 is 10.4 Å². The van der Waals surface area contributed by atoms with Gasteiger partial charge in [-0.2, -0.15) is 0 Å². The first-order valence-corrected chi connectivity index (χ1v) is 4.57. The van der Waals surface area contributed by atoms with Crippen molar-refractivity contribution in [1.29, 1.82) is 0 Å². The van der Waals surface area contributed by atoms with E-state index in [-0.39, 0.29) is 0 Å². The molecule has 0 aliphatic heterocycles. The summed E-state index contributed by atoms with van der Waals surface area (Å²) in [5.41, 5.74) is -0.176. The molecule has 0 aliphatic carbocycles. The number of hydrogen-bond acceptors (Lipinski definition) is 3. The number of fused-ring (bicyclic) bond motifs is 1. The molecule has 0 radical (unpaired) electrons. The Hall–Kier alpha value is -1.84. The lowest BCUT2D eigenvalue weighted by Gasteiger charge is -2.05. The minimum absolute atomic E-state index is 0.326. The Kier molecular flexibility index (Phi) is 2.41. The average molecular weight is 208 g/mol. The van der Waals surface area contributed by atoms with Gasteiger partial charge in [-0.15, -0.1) is 0 Å². The summed E-state index contributed by atoms with van der Waals surface area (Å²) in [6, 6.07) is 5.14. The number of hydrogen-bond donors (Lipinski definition) is 0. The molecule has 0 bridgehead atoms. The van der Waals surface area contributed by atoms with Crippen LogP contribution in [0.3, 0.4) is 0 Å². The molecular weight excluding hydrogens is 199 g/mol. The molecule has 3 nitrogen and oxygen atoms in total. The zero-order chi connectivity index (χ0) is 10.8. The van der Waals surface area contributed by atoms with E-state index in [2.05, 4.69) is 0 Å². The molecule has 1 aromatic carbocycles. The van der Waals surface area contributed by atoms with Crippen molar-refractivity contribution in [2.75, 3.05) is 6.61 Å². The fourth-order valence-electron chi connectivity index (χ4n) is 1.38. The van der Waals surface area contributed by atoms with Crippen LogP contribution in [0, 0.1) is 5.82 Å². The summed E-state index contributed by atoms with van der Waals surface area (Å²) in [5.74, 6) is -0.0412. The van der Waals surface area contributed by atoms with Gasteiger partial charge in [-0.3, -0.25) is 0 Å². The van der Waals surface area contributed by atoms with Gasteiger partial charge in [0.15, 0.2) is 0 Å². The lowest BCUT2D eigenvalue weighted by Crippen LogP contribution is -2.01. The Labute approximate surface area is 85.1 Å². The number of benzene rings is 1. The standard InChI is InChI=1S/C11H9FO3/c1-2-14-10-6-11(13)15-9-4-3-7(12)5-8(9)10/h3-6H,2H2,1H3. The van der Waals surface area contributed by atoms with E-state index in [1.165, 1.54) is 24.3 Å². The maximum absolute atomic E-state index is 13.0. The van der Waals surface area contributed by atoms with Gasteiger partial charge in [0.1, 0.15) is 17.1 Å². The molecule has 15 heavy (non-hydrogen) atoms. The molecule has 2 rings (SSSR count). The summed E-state index contributed by atoms with van der Waals surface area (Å²) in [6.07, 6.45) is 0. The number of rotatable bonds is 2. The summed E-state index contributed by atoms with van der Waals surface area (Å²) < 4.78 is 23.1. The van der Waals surface area contributed by atoms with Crippen molar-refractivity contribution >= 4 is 11.0 Å². The van der Waals surface area contributed by atoms with Crippen LogP contribution in [0.5, 0.6) is 5.75 Å². The molecule has 0 saturated heterocycles. The van der Waals surface area contributed by atoms with E-state index in [9.17, 15) is 9.18 Å². The van der Waals surface area contributed by atoms with Crippen LogP contribution in [-0.4, -0.2) is 6.61 Å². The number of halogens is 1. The first-order valence-electron chi connectivity index (χ1n) is 4.57. The Morgan fingerprint density at radius 1 is 1.40 bits per heavy atom. The Balaban J connectivity index is 2.75. The van der Waals surface area contributed by atoms with E-state index in [0.29, 0.717) is 23.3 Å². The summed E-state index contributed by atoms with van der Waals surface area (Å²) in [4.78, 5) is 11.1. The van der Waals surface area contributed by atoms with Crippen molar-refractivity contribution in [2.24, 2.45) is 0 Å². The van der Waals surface area contributed by atoms with Crippen LogP contribution in [-0.2, 0) is 0 Å². The van der Waals surface area contributed by atoms with Gasteiger partial charge in [0.05, 0.1) is 18.1 Å². The second kappa shape index (κ2) is 3.73. The minimum Gasteiger partial charge on any atom is -0.493 e. The molecule has 1 heterocycles. The monoisotopic (exact) mass is 208 g/mol. The van der Waals surface area contributed by atoms with Crippen LogP contribution in [0.15, 0.2) is 33.5 Å². The molecule has 0 amide bonds. The molecular formula is C11H9FO3. The minimum atomic E-state index is -0.502. The molecule has 0 saturated carbocycles. The van der Waals surface area contributed by atoms with Gasteiger partial charge in [0, 0.05) is 0 Å². The largest absolute Gasteiger partial charge is 0.493 e. The van der Waals surface area contributed by atoms with E-state index in [1.807, 2.05) is 0 Å². The van der Waals surface area contributed by atoms with E-state index in [4.69, 9.17) is 9.15 Å². The highest BCUT2D eigenvalue weighted by Gasteiger charge is 2.06. The second-order valence-electron chi connectivity index (χ2n) is 3.00. The van der Waals surface area contributed by atoms with Gasteiger partial charge in [-0.05, 0) is 25.1 Å². The van der Waals surface area contributed by atoms with Crippen molar-refractivity contribution in [3.05, 3.63) is 40.5 Å². The average Bonchev–Trinajstić information content (AvgIpc) is 2.19. The SMILES string of the molecule is CCOc1cc(=O)oc2ccc(F)cc12. The third kappa shape index (κ3) is 1.83. The van der Waals surface area contributed by atoms with E-state index in [1.54, 1.807) is 6.92 Å². The Bertz CT molecular complexity index is 545. The van der Waals surface area contributed by atoms with Crippen LogP contribution >= 0.6 is 0 Å². The normalized spacial score (nSPS) is 10.5. The third-order valence-corrected chi connectivity index (χ3v) is 1.97. The fraction of sp³-hybridized carbons (Fsp3) is 0.182. The topological polar surface area (TPSA) is 39.4 Å². The third-order valence-electron chi connectivity index (χ3n) is 1.97. The first kappa shape index (κ1) is 9.71. The lowest BCUT2D eigenvalue weighted by atomic mass is 10.2. The van der Waals surface area contributed by atoms with Crippen LogP contribution in [0.25, 0.3) is 11.0 Å². The van der Waals surface area contributed by atoms with Crippen LogP contribution in [0.2, 0.25) is 0 Å². The molecule has 0 fully saturated rings. The van der Waals surface area contributed by atoms with Gasteiger partial charge in [0.2, 0.25) is 0 Å². The Morgan fingerprint density at radius 3 is 2.93 bits per heavy atom. The first-order chi connectivity index (χ1) is 7.20. The maximum Gasteiger partial charge on any atom is 0.339 e. The zero-order valence-corrected chi connectivity index (χ0v) is 8.12. The van der Waals surface area contributed by atoms with Gasteiger partial charge < -0.3 is 9.15 Å². The molecule has 2 aromatic rings. The van der Waals surface area contributed by atoms with Gasteiger partial charge in [-0.1, -0.05) is 0 Å². The van der Waals surface area contributed by atoms with E-state index >= 15 is 0 Å².